The first-order chi connectivity index (χ1) is 8.09. The maximum absolute atomic E-state index is 13.2. The number of aryl methyl sites for hydroxylation is 1. The lowest BCUT2D eigenvalue weighted by Gasteiger charge is -2.05. The van der Waals surface area contributed by atoms with Crippen LogP contribution >= 0.6 is 11.6 Å². The predicted octanol–water partition coefficient (Wildman–Crippen LogP) is 1.86. The number of anilines is 1. The average molecular weight is 255 g/mol. The van der Waals surface area contributed by atoms with Crippen LogP contribution in [0, 0.1) is 5.82 Å². The second-order valence-corrected chi connectivity index (χ2v) is 3.70. The quantitative estimate of drug-likeness (QED) is 0.890. The maximum atomic E-state index is 13.2. The topological polar surface area (TPSA) is 59.8 Å². The van der Waals surface area contributed by atoms with Crippen LogP contribution in [-0.4, -0.2) is 20.7 Å². The van der Waals surface area contributed by atoms with Crippen LogP contribution < -0.4 is 5.32 Å². The van der Waals surface area contributed by atoms with E-state index in [4.69, 9.17) is 11.6 Å². The van der Waals surface area contributed by atoms with Crippen LogP contribution in [0.2, 0.25) is 5.02 Å². The molecule has 0 aliphatic heterocycles. The lowest BCUT2D eigenvalue weighted by atomic mass is 10.2. The van der Waals surface area contributed by atoms with E-state index in [1.165, 1.54) is 29.1 Å². The third kappa shape index (κ3) is 2.26. The van der Waals surface area contributed by atoms with E-state index in [1.807, 2.05) is 0 Å². The van der Waals surface area contributed by atoms with Crippen molar-refractivity contribution >= 4 is 23.5 Å². The highest BCUT2D eigenvalue weighted by Gasteiger charge is 2.15. The van der Waals surface area contributed by atoms with Gasteiger partial charge in [0.2, 0.25) is 5.95 Å². The van der Waals surface area contributed by atoms with Crippen LogP contribution in [0.4, 0.5) is 10.3 Å². The van der Waals surface area contributed by atoms with E-state index in [0.717, 1.165) is 0 Å². The number of halogens is 2. The number of hydrogen-bond donors (Lipinski definition) is 1. The number of benzene rings is 1. The summed E-state index contributed by atoms with van der Waals surface area (Å²) in [5.74, 6) is -0.918. The molecule has 1 aromatic heterocycles. The summed E-state index contributed by atoms with van der Waals surface area (Å²) in [5, 5.41) is 9.54. The molecule has 0 unspecified atom stereocenters. The number of amides is 1. The van der Waals surface area contributed by atoms with Gasteiger partial charge in [-0.05, 0) is 12.1 Å². The van der Waals surface area contributed by atoms with Gasteiger partial charge < -0.3 is 4.57 Å². The van der Waals surface area contributed by atoms with Crippen molar-refractivity contribution in [2.75, 3.05) is 5.32 Å². The second-order valence-electron chi connectivity index (χ2n) is 3.32. The van der Waals surface area contributed by atoms with Crippen LogP contribution in [-0.2, 0) is 7.05 Å². The van der Waals surface area contributed by atoms with Crippen molar-refractivity contribution in [3.05, 3.63) is 40.9 Å². The van der Waals surface area contributed by atoms with Crippen LogP contribution in [0.5, 0.6) is 0 Å². The second kappa shape index (κ2) is 4.50. The Hall–Kier alpha value is -1.95. The van der Waals surface area contributed by atoms with E-state index in [2.05, 4.69) is 15.5 Å². The van der Waals surface area contributed by atoms with Crippen LogP contribution in [0.25, 0.3) is 0 Å². The smallest absolute Gasteiger partial charge is 0.259 e. The van der Waals surface area contributed by atoms with Gasteiger partial charge in [0, 0.05) is 7.05 Å². The van der Waals surface area contributed by atoms with Gasteiger partial charge in [-0.15, -0.1) is 10.2 Å². The van der Waals surface area contributed by atoms with Crippen molar-refractivity contribution in [2.24, 2.45) is 7.05 Å². The van der Waals surface area contributed by atoms with Crippen molar-refractivity contribution in [2.45, 2.75) is 0 Å². The van der Waals surface area contributed by atoms with E-state index in [-0.39, 0.29) is 16.5 Å². The van der Waals surface area contributed by atoms with Crippen LogP contribution in [0.15, 0.2) is 24.5 Å². The molecule has 0 spiro atoms. The zero-order valence-electron chi connectivity index (χ0n) is 8.82. The van der Waals surface area contributed by atoms with E-state index >= 15 is 0 Å². The molecule has 2 rings (SSSR count). The molecule has 1 amide bonds. The molecule has 5 nitrogen and oxygen atoms in total. The van der Waals surface area contributed by atoms with Crippen LogP contribution in [0.1, 0.15) is 10.4 Å². The number of nitrogens with zero attached hydrogens (tertiary/aromatic N) is 3. The Labute approximate surface area is 101 Å². The summed E-state index contributed by atoms with van der Waals surface area (Å²) in [5.41, 5.74) is 0.0506. The van der Waals surface area contributed by atoms with Gasteiger partial charge in [-0.3, -0.25) is 10.1 Å². The third-order valence-corrected chi connectivity index (χ3v) is 2.52. The summed E-state index contributed by atoms with van der Waals surface area (Å²) in [6.07, 6.45) is 1.43. The van der Waals surface area contributed by atoms with Crippen molar-refractivity contribution in [1.29, 1.82) is 0 Å². The summed E-state index contributed by atoms with van der Waals surface area (Å²) < 4.78 is 14.7. The summed E-state index contributed by atoms with van der Waals surface area (Å²) in [6.45, 7) is 0. The highest BCUT2D eigenvalue weighted by molar-refractivity contribution is 6.34. The third-order valence-electron chi connectivity index (χ3n) is 2.13. The first-order valence-corrected chi connectivity index (χ1v) is 5.06. The zero-order valence-corrected chi connectivity index (χ0v) is 9.57. The van der Waals surface area contributed by atoms with Crippen molar-refractivity contribution in [3.63, 3.8) is 0 Å². The van der Waals surface area contributed by atoms with E-state index < -0.39 is 11.7 Å². The molecular weight excluding hydrogens is 247 g/mol. The highest BCUT2D eigenvalue weighted by Crippen LogP contribution is 2.20. The summed E-state index contributed by atoms with van der Waals surface area (Å²) in [6, 6.07) is 4.02. The molecule has 17 heavy (non-hydrogen) atoms. The monoisotopic (exact) mass is 254 g/mol. The van der Waals surface area contributed by atoms with Gasteiger partial charge in [-0.25, -0.2) is 4.39 Å². The molecular formula is C10H8ClFN4O. The molecule has 2 aromatic rings. The molecule has 1 heterocycles. The van der Waals surface area contributed by atoms with Crippen molar-refractivity contribution in [3.8, 4) is 0 Å². The minimum atomic E-state index is -0.641. The number of hydrogen-bond acceptors (Lipinski definition) is 3. The Morgan fingerprint density at radius 3 is 2.94 bits per heavy atom. The van der Waals surface area contributed by atoms with Gasteiger partial charge in [-0.2, -0.15) is 0 Å². The fourth-order valence-electron chi connectivity index (χ4n) is 1.24. The Morgan fingerprint density at radius 2 is 2.29 bits per heavy atom. The molecule has 0 atom stereocenters. The molecule has 0 saturated heterocycles. The highest BCUT2D eigenvalue weighted by atomic mass is 35.5. The van der Waals surface area contributed by atoms with Gasteiger partial charge in [0.05, 0.1) is 10.6 Å². The molecule has 1 aromatic carbocycles. The first kappa shape index (κ1) is 11.5. The van der Waals surface area contributed by atoms with Crippen molar-refractivity contribution in [1.82, 2.24) is 14.8 Å². The van der Waals surface area contributed by atoms with Gasteiger partial charge in [0.1, 0.15) is 12.1 Å². The molecule has 1 N–H and O–H groups in total. The maximum Gasteiger partial charge on any atom is 0.259 e. The lowest BCUT2D eigenvalue weighted by Crippen LogP contribution is -2.15. The largest absolute Gasteiger partial charge is 0.303 e. The van der Waals surface area contributed by atoms with Gasteiger partial charge in [-0.1, -0.05) is 17.7 Å². The van der Waals surface area contributed by atoms with Gasteiger partial charge >= 0.3 is 0 Å². The number of aromatic nitrogens is 3. The molecule has 0 radical (unpaired) electrons. The zero-order chi connectivity index (χ0) is 12.4. The number of nitrogens with one attached hydrogen (secondary N) is 1. The van der Waals surface area contributed by atoms with Crippen LogP contribution in [0.3, 0.4) is 0 Å². The fraction of sp³-hybridized carbons (Fsp3) is 0.100. The molecule has 0 bridgehead atoms. The SMILES string of the molecule is Cn1cnnc1NC(=O)c1cccc(F)c1Cl. The van der Waals surface area contributed by atoms with Gasteiger partial charge in [0.25, 0.3) is 5.91 Å². The Bertz CT molecular complexity index is 569. The number of rotatable bonds is 2. The van der Waals surface area contributed by atoms with Crippen molar-refractivity contribution < 1.29 is 9.18 Å². The molecule has 0 aliphatic rings. The summed E-state index contributed by atoms with van der Waals surface area (Å²) in [7, 11) is 1.67. The normalized spacial score (nSPS) is 10.3. The fourth-order valence-corrected chi connectivity index (χ4v) is 1.46. The first-order valence-electron chi connectivity index (χ1n) is 4.69. The lowest BCUT2D eigenvalue weighted by molar-refractivity contribution is 0.102. The average Bonchev–Trinajstić information content (AvgIpc) is 2.68. The Kier molecular flexibility index (Phi) is 3.06. The summed E-state index contributed by atoms with van der Waals surface area (Å²) >= 11 is 5.69. The number of carbonyl (C=O) groups excluding carboxylic acids is 1. The molecule has 7 heteroatoms. The Morgan fingerprint density at radius 1 is 1.53 bits per heavy atom. The molecule has 0 saturated carbocycles. The van der Waals surface area contributed by atoms with E-state index in [9.17, 15) is 9.18 Å². The summed E-state index contributed by atoms with van der Waals surface area (Å²) in [4.78, 5) is 11.8. The Balaban J connectivity index is 2.27. The number of carbonyl (C=O) groups is 1. The molecule has 0 aliphatic carbocycles. The minimum Gasteiger partial charge on any atom is -0.303 e. The van der Waals surface area contributed by atoms with Gasteiger partial charge in [0.15, 0.2) is 0 Å². The molecule has 88 valence electrons. The van der Waals surface area contributed by atoms with E-state index in [0.29, 0.717) is 0 Å². The van der Waals surface area contributed by atoms with E-state index in [1.54, 1.807) is 7.05 Å². The predicted molar refractivity (Wildman–Crippen MR) is 60.4 cm³/mol. The minimum absolute atomic E-state index is 0.0506. The standard InChI is InChI=1S/C10H8ClFN4O/c1-16-5-13-15-10(16)14-9(17)6-3-2-4-7(12)8(6)11/h2-5H,1H3,(H,14,15,17). The molecule has 0 fully saturated rings.